The molecule has 0 bridgehead atoms. The van der Waals surface area contributed by atoms with E-state index in [9.17, 15) is 13.6 Å². The van der Waals surface area contributed by atoms with Crippen molar-refractivity contribution in [3.05, 3.63) is 41.1 Å². The summed E-state index contributed by atoms with van der Waals surface area (Å²) >= 11 is 0. The molecule has 0 saturated heterocycles. The van der Waals surface area contributed by atoms with Crippen LogP contribution in [0.15, 0.2) is 18.3 Å². The van der Waals surface area contributed by atoms with Gasteiger partial charge < -0.3 is 5.11 Å². The van der Waals surface area contributed by atoms with E-state index in [1.165, 1.54) is 6.92 Å². The van der Waals surface area contributed by atoms with Crippen molar-refractivity contribution in [1.29, 1.82) is 0 Å². The van der Waals surface area contributed by atoms with Crippen molar-refractivity contribution in [2.24, 2.45) is 0 Å². The molecule has 1 aromatic heterocycles. The van der Waals surface area contributed by atoms with Gasteiger partial charge >= 0.3 is 5.97 Å². The fraction of sp³-hybridized carbons (Fsp3) is 0.0909. The zero-order chi connectivity index (χ0) is 12.6. The molecule has 17 heavy (non-hydrogen) atoms. The number of carboxylic acid groups (broad SMARTS) is 1. The summed E-state index contributed by atoms with van der Waals surface area (Å²) in [4.78, 5) is 10.8. The highest BCUT2D eigenvalue weighted by atomic mass is 19.1. The third-order valence-corrected chi connectivity index (χ3v) is 2.39. The molecule has 0 atom stereocenters. The maximum atomic E-state index is 13.6. The fourth-order valence-electron chi connectivity index (χ4n) is 1.49. The van der Waals surface area contributed by atoms with Crippen molar-refractivity contribution in [2.75, 3.05) is 0 Å². The monoisotopic (exact) mass is 238 g/mol. The summed E-state index contributed by atoms with van der Waals surface area (Å²) in [6.45, 7) is 1.42. The van der Waals surface area contributed by atoms with Gasteiger partial charge in [0.1, 0.15) is 17.2 Å². The second-order valence-electron chi connectivity index (χ2n) is 3.55. The van der Waals surface area contributed by atoms with Crippen LogP contribution in [-0.4, -0.2) is 21.3 Å². The van der Waals surface area contributed by atoms with Gasteiger partial charge in [-0.3, -0.25) is 5.10 Å². The SMILES string of the molecule is Cc1cc(F)c(-c2[nH]ncc2C(=O)O)cc1F. The maximum Gasteiger partial charge on any atom is 0.339 e. The quantitative estimate of drug-likeness (QED) is 0.844. The minimum Gasteiger partial charge on any atom is -0.478 e. The second kappa shape index (κ2) is 3.97. The fourth-order valence-corrected chi connectivity index (χ4v) is 1.49. The van der Waals surface area contributed by atoms with Crippen LogP contribution >= 0.6 is 0 Å². The van der Waals surface area contributed by atoms with Crippen LogP contribution in [-0.2, 0) is 0 Å². The number of rotatable bonds is 2. The lowest BCUT2D eigenvalue weighted by atomic mass is 10.1. The molecular weight excluding hydrogens is 230 g/mol. The highest BCUT2D eigenvalue weighted by molar-refractivity contribution is 5.94. The Morgan fingerprint density at radius 2 is 2.06 bits per heavy atom. The molecule has 0 saturated carbocycles. The van der Waals surface area contributed by atoms with Crippen LogP contribution in [0.1, 0.15) is 15.9 Å². The number of halogens is 2. The van der Waals surface area contributed by atoms with Crippen LogP contribution < -0.4 is 0 Å². The lowest BCUT2D eigenvalue weighted by Gasteiger charge is -2.04. The van der Waals surface area contributed by atoms with E-state index in [-0.39, 0.29) is 22.4 Å². The van der Waals surface area contributed by atoms with E-state index < -0.39 is 17.6 Å². The number of nitrogens with one attached hydrogen (secondary N) is 1. The van der Waals surface area contributed by atoms with Gasteiger partial charge in [0.05, 0.1) is 11.9 Å². The van der Waals surface area contributed by atoms with Gasteiger partial charge in [0, 0.05) is 5.56 Å². The number of aromatic nitrogens is 2. The molecule has 0 aliphatic rings. The highest BCUT2D eigenvalue weighted by Crippen LogP contribution is 2.26. The molecule has 88 valence electrons. The smallest absolute Gasteiger partial charge is 0.339 e. The molecule has 0 unspecified atom stereocenters. The predicted octanol–water partition coefficient (Wildman–Crippen LogP) is 2.36. The van der Waals surface area contributed by atoms with Crippen LogP contribution in [0.25, 0.3) is 11.3 Å². The van der Waals surface area contributed by atoms with Gasteiger partial charge in [0.25, 0.3) is 0 Å². The first-order valence-corrected chi connectivity index (χ1v) is 4.73. The molecule has 0 aliphatic carbocycles. The van der Waals surface area contributed by atoms with E-state index in [2.05, 4.69) is 10.2 Å². The first-order chi connectivity index (χ1) is 8.00. The molecule has 1 aromatic carbocycles. The van der Waals surface area contributed by atoms with E-state index in [0.29, 0.717) is 0 Å². The van der Waals surface area contributed by atoms with Gasteiger partial charge in [0.15, 0.2) is 0 Å². The van der Waals surface area contributed by atoms with Gasteiger partial charge in [0.2, 0.25) is 0 Å². The predicted molar refractivity (Wildman–Crippen MR) is 55.6 cm³/mol. The van der Waals surface area contributed by atoms with Gasteiger partial charge in [-0.2, -0.15) is 5.10 Å². The summed E-state index contributed by atoms with van der Waals surface area (Å²) in [6, 6.07) is 1.96. The minimum absolute atomic E-state index is 0.0473. The summed E-state index contributed by atoms with van der Waals surface area (Å²) < 4.78 is 27.0. The van der Waals surface area contributed by atoms with E-state index in [1.54, 1.807) is 0 Å². The van der Waals surface area contributed by atoms with E-state index in [4.69, 9.17) is 5.11 Å². The van der Waals surface area contributed by atoms with E-state index in [1.807, 2.05) is 0 Å². The first kappa shape index (κ1) is 11.3. The number of carbonyl (C=O) groups is 1. The minimum atomic E-state index is -1.26. The summed E-state index contributed by atoms with van der Waals surface area (Å²) in [5, 5.41) is 14.7. The number of hydrogen-bond acceptors (Lipinski definition) is 2. The maximum absolute atomic E-state index is 13.6. The van der Waals surface area contributed by atoms with Crippen LogP contribution in [0.2, 0.25) is 0 Å². The molecule has 2 rings (SSSR count). The van der Waals surface area contributed by atoms with Gasteiger partial charge in [-0.25, -0.2) is 13.6 Å². The molecule has 0 radical (unpaired) electrons. The summed E-state index contributed by atoms with van der Waals surface area (Å²) in [6.07, 6.45) is 1.05. The number of nitrogens with zero attached hydrogens (tertiary/aromatic N) is 1. The third kappa shape index (κ3) is 1.89. The van der Waals surface area contributed by atoms with Crippen molar-refractivity contribution in [2.45, 2.75) is 6.92 Å². The Labute approximate surface area is 94.9 Å². The summed E-state index contributed by atoms with van der Waals surface area (Å²) in [7, 11) is 0. The Kier molecular flexibility index (Phi) is 2.63. The summed E-state index contributed by atoms with van der Waals surface area (Å²) in [5.74, 6) is -2.56. The molecule has 4 nitrogen and oxygen atoms in total. The number of aryl methyl sites for hydroxylation is 1. The molecule has 0 amide bonds. The van der Waals surface area contributed by atoms with Crippen LogP contribution in [0.3, 0.4) is 0 Å². The molecule has 0 fully saturated rings. The number of hydrogen-bond donors (Lipinski definition) is 2. The average Bonchev–Trinajstić information content (AvgIpc) is 2.72. The number of H-pyrrole nitrogens is 1. The van der Waals surface area contributed by atoms with Gasteiger partial charge in [-0.05, 0) is 24.6 Å². The van der Waals surface area contributed by atoms with Crippen molar-refractivity contribution >= 4 is 5.97 Å². The van der Waals surface area contributed by atoms with E-state index >= 15 is 0 Å². The van der Waals surface area contributed by atoms with Crippen molar-refractivity contribution in [3.63, 3.8) is 0 Å². The van der Waals surface area contributed by atoms with Crippen molar-refractivity contribution in [3.8, 4) is 11.3 Å². The standard InChI is InChI=1S/C11H8F2N2O2/c1-5-2-9(13)6(3-8(5)12)10-7(11(16)17)4-14-15-10/h2-4H,1H3,(H,14,15)(H,16,17). The Morgan fingerprint density at radius 3 is 2.71 bits per heavy atom. The number of carboxylic acids is 1. The number of benzene rings is 1. The molecule has 0 aliphatic heterocycles. The van der Waals surface area contributed by atoms with Crippen molar-refractivity contribution < 1.29 is 18.7 Å². The molecule has 0 spiro atoms. The highest BCUT2D eigenvalue weighted by Gasteiger charge is 2.18. The number of aromatic amines is 1. The molecule has 2 aromatic rings. The largest absolute Gasteiger partial charge is 0.478 e. The average molecular weight is 238 g/mol. The van der Waals surface area contributed by atoms with Gasteiger partial charge in [-0.15, -0.1) is 0 Å². The Hall–Kier alpha value is -2.24. The lowest BCUT2D eigenvalue weighted by Crippen LogP contribution is -1.99. The van der Waals surface area contributed by atoms with Crippen LogP contribution in [0.5, 0.6) is 0 Å². The number of aromatic carboxylic acids is 1. The third-order valence-electron chi connectivity index (χ3n) is 2.39. The van der Waals surface area contributed by atoms with Crippen molar-refractivity contribution in [1.82, 2.24) is 10.2 Å². The topological polar surface area (TPSA) is 66.0 Å². The van der Waals surface area contributed by atoms with E-state index in [0.717, 1.165) is 18.3 Å². The Morgan fingerprint density at radius 1 is 1.35 bits per heavy atom. The van der Waals surface area contributed by atoms with Crippen LogP contribution in [0.4, 0.5) is 8.78 Å². The molecular formula is C11H8F2N2O2. The second-order valence-corrected chi connectivity index (χ2v) is 3.55. The normalized spacial score (nSPS) is 10.5. The molecule has 6 heteroatoms. The lowest BCUT2D eigenvalue weighted by molar-refractivity contribution is 0.0698. The molecule has 1 heterocycles. The molecule has 2 N–H and O–H groups in total. The Bertz CT molecular complexity index is 593. The zero-order valence-electron chi connectivity index (χ0n) is 8.79. The van der Waals surface area contributed by atoms with Gasteiger partial charge in [-0.1, -0.05) is 0 Å². The Balaban J connectivity index is 2.64. The first-order valence-electron chi connectivity index (χ1n) is 4.73. The zero-order valence-corrected chi connectivity index (χ0v) is 8.79. The summed E-state index contributed by atoms with van der Waals surface area (Å²) in [5.41, 5.74) is -0.244. The van der Waals surface area contributed by atoms with Crippen LogP contribution in [0, 0.1) is 18.6 Å².